The summed E-state index contributed by atoms with van der Waals surface area (Å²) in [6.45, 7) is 3.27. The topological polar surface area (TPSA) is 104 Å². The molecule has 1 aliphatic heterocycles. The lowest BCUT2D eigenvalue weighted by molar-refractivity contribution is 0.122. The average molecular weight is 441 g/mol. The van der Waals surface area contributed by atoms with Crippen molar-refractivity contribution < 1.29 is 9.84 Å². The second kappa shape index (κ2) is 8.19. The maximum absolute atomic E-state index is 9.46. The number of benzene rings is 2. The molecule has 1 aliphatic rings. The summed E-state index contributed by atoms with van der Waals surface area (Å²) in [6, 6.07) is 14.3. The summed E-state index contributed by atoms with van der Waals surface area (Å²) in [5.74, 6) is 0.676. The molecular weight excluding hydrogens is 418 g/mol. The lowest BCUT2D eigenvalue weighted by Gasteiger charge is -2.28. The van der Waals surface area contributed by atoms with Crippen LogP contribution in [-0.4, -0.2) is 56.0 Å². The molecule has 3 aromatic heterocycles. The van der Waals surface area contributed by atoms with E-state index in [2.05, 4.69) is 49.7 Å². The molecule has 9 nitrogen and oxygen atoms in total. The zero-order valence-corrected chi connectivity index (χ0v) is 17.9. The van der Waals surface area contributed by atoms with Crippen molar-refractivity contribution >= 4 is 33.7 Å². The van der Waals surface area contributed by atoms with Crippen molar-refractivity contribution in [3.63, 3.8) is 0 Å². The third-order valence-corrected chi connectivity index (χ3v) is 5.97. The molecule has 0 radical (unpaired) electrons. The number of imidazole rings is 1. The van der Waals surface area contributed by atoms with E-state index in [1.807, 2.05) is 35.0 Å². The van der Waals surface area contributed by atoms with Crippen molar-refractivity contribution in [2.24, 2.45) is 0 Å². The van der Waals surface area contributed by atoms with E-state index in [1.54, 1.807) is 6.20 Å². The normalized spacial score (nSPS) is 14.3. The molecule has 1 saturated heterocycles. The Morgan fingerprint density at radius 1 is 1.09 bits per heavy atom. The van der Waals surface area contributed by atoms with Crippen LogP contribution in [0.4, 0.5) is 17.2 Å². The molecule has 0 aliphatic carbocycles. The van der Waals surface area contributed by atoms with Crippen LogP contribution in [0.5, 0.6) is 0 Å². The van der Waals surface area contributed by atoms with Crippen molar-refractivity contribution in [3.8, 4) is 11.3 Å². The van der Waals surface area contributed by atoms with Gasteiger partial charge < -0.3 is 24.5 Å². The number of hydrogen-bond acceptors (Lipinski definition) is 7. The fourth-order valence-corrected chi connectivity index (χ4v) is 4.22. The minimum Gasteiger partial charge on any atom is -0.390 e. The quantitative estimate of drug-likeness (QED) is 0.384. The van der Waals surface area contributed by atoms with Crippen molar-refractivity contribution in [2.75, 3.05) is 36.5 Å². The highest BCUT2D eigenvalue weighted by atomic mass is 16.5. The lowest BCUT2D eigenvalue weighted by atomic mass is 10.1. The Kier molecular flexibility index (Phi) is 4.89. The molecule has 3 N–H and O–H groups in total. The highest BCUT2D eigenvalue weighted by Gasteiger charge is 2.13. The number of fused-ring (bicyclic) bond motifs is 2. The number of aromatic amines is 1. The first kappa shape index (κ1) is 19.7. The molecule has 0 saturated carbocycles. The van der Waals surface area contributed by atoms with Crippen LogP contribution in [0.3, 0.4) is 0 Å². The number of rotatable bonds is 5. The van der Waals surface area contributed by atoms with Crippen LogP contribution in [-0.2, 0) is 11.3 Å². The molecule has 5 aromatic rings. The summed E-state index contributed by atoms with van der Waals surface area (Å²) in [7, 11) is 0. The highest BCUT2D eigenvalue weighted by molar-refractivity contribution is 5.86. The number of aromatic nitrogens is 5. The first-order chi connectivity index (χ1) is 16.3. The predicted molar refractivity (Wildman–Crippen MR) is 127 cm³/mol. The number of ether oxygens (including phenoxy) is 1. The standard InChI is InChI=1S/C24H23N7O2/c32-15-22-19-6-1-16(13-20(19)28-29-22)21-14-31-8-7-25-24(31)23(27-21)26-17-2-4-18(5-3-17)30-9-11-33-12-10-30/h1-8,13-14,32H,9-12,15H2,(H,26,27)(H,28,29). The van der Waals surface area contributed by atoms with Gasteiger partial charge in [-0.1, -0.05) is 12.1 Å². The van der Waals surface area contributed by atoms with Gasteiger partial charge in [-0.05, 0) is 30.3 Å². The first-order valence-electron chi connectivity index (χ1n) is 10.9. The minimum atomic E-state index is -0.0759. The van der Waals surface area contributed by atoms with E-state index in [-0.39, 0.29) is 6.61 Å². The number of H-pyrrole nitrogens is 1. The van der Waals surface area contributed by atoms with Crippen LogP contribution < -0.4 is 10.2 Å². The van der Waals surface area contributed by atoms with E-state index in [0.29, 0.717) is 11.5 Å². The van der Waals surface area contributed by atoms with Crippen LogP contribution >= 0.6 is 0 Å². The van der Waals surface area contributed by atoms with Gasteiger partial charge in [0, 0.05) is 54.0 Å². The van der Waals surface area contributed by atoms with E-state index >= 15 is 0 Å². The van der Waals surface area contributed by atoms with Crippen molar-refractivity contribution in [2.45, 2.75) is 6.61 Å². The van der Waals surface area contributed by atoms with Crippen LogP contribution in [0.15, 0.2) is 61.1 Å². The van der Waals surface area contributed by atoms with Gasteiger partial charge in [0.2, 0.25) is 0 Å². The van der Waals surface area contributed by atoms with Gasteiger partial charge in [0.1, 0.15) is 0 Å². The van der Waals surface area contributed by atoms with Gasteiger partial charge in [0.15, 0.2) is 11.5 Å². The smallest absolute Gasteiger partial charge is 0.180 e. The molecule has 9 heteroatoms. The fraction of sp³-hybridized carbons (Fsp3) is 0.208. The third kappa shape index (κ3) is 3.67. The van der Waals surface area contributed by atoms with Crippen molar-refractivity contribution in [1.29, 1.82) is 0 Å². The molecule has 4 heterocycles. The lowest BCUT2D eigenvalue weighted by Crippen LogP contribution is -2.36. The summed E-state index contributed by atoms with van der Waals surface area (Å²) in [6.07, 6.45) is 5.62. The Morgan fingerprint density at radius 2 is 1.94 bits per heavy atom. The van der Waals surface area contributed by atoms with E-state index < -0.39 is 0 Å². The highest BCUT2D eigenvalue weighted by Crippen LogP contribution is 2.28. The van der Waals surface area contributed by atoms with Gasteiger partial charge in [-0.25, -0.2) is 9.97 Å². The van der Waals surface area contributed by atoms with Gasteiger partial charge >= 0.3 is 0 Å². The zero-order chi connectivity index (χ0) is 22.2. The molecule has 0 amide bonds. The van der Waals surface area contributed by atoms with E-state index in [9.17, 15) is 5.11 Å². The monoisotopic (exact) mass is 441 g/mol. The fourth-order valence-electron chi connectivity index (χ4n) is 4.22. The summed E-state index contributed by atoms with van der Waals surface area (Å²) in [4.78, 5) is 11.7. The maximum Gasteiger partial charge on any atom is 0.180 e. The Hall–Kier alpha value is -3.95. The van der Waals surface area contributed by atoms with E-state index in [0.717, 1.165) is 59.8 Å². The minimum absolute atomic E-state index is 0.0759. The molecule has 1 fully saturated rings. The third-order valence-electron chi connectivity index (χ3n) is 5.97. The molecule has 33 heavy (non-hydrogen) atoms. The number of aliphatic hydroxyl groups is 1. The Balaban J connectivity index is 1.33. The molecule has 2 aromatic carbocycles. The Bertz CT molecular complexity index is 1420. The number of morpholine rings is 1. The largest absolute Gasteiger partial charge is 0.390 e. The summed E-state index contributed by atoms with van der Waals surface area (Å²) >= 11 is 0. The maximum atomic E-state index is 9.46. The molecule has 6 rings (SSSR count). The molecule has 0 spiro atoms. The molecule has 0 bridgehead atoms. The molecule has 166 valence electrons. The van der Waals surface area contributed by atoms with Gasteiger partial charge in [0.05, 0.1) is 36.7 Å². The van der Waals surface area contributed by atoms with Crippen LogP contribution in [0.2, 0.25) is 0 Å². The second-order valence-corrected chi connectivity index (χ2v) is 8.00. The SMILES string of the molecule is OCc1[nH]nc2cc(-c3cn4ccnc4c(Nc4ccc(N5CCOCC5)cc4)n3)ccc12. The van der Waals surface area contributed by atoms with Crippen LogP contribution in [0, 0.1) is 0 Å². The summed E-state index contributed by atoms with van der Waals surface area (Å²) in [5, 5.41) is 21.0. The summed E-state index contributed by atoms with van der Waals surface area (Å²) < 4.78 is 7.41. The van der Waals surface area contributed by atoms with Gasteiger partial charge in [-0.3, -0.25) is 5.10 Å². The van der Waals surface area contributed by atoms with Crippen molar-refractivity contribution in [3.05, 3.63) is 66.7 Å². The molecular formula is C24H23N7O2. The predicted octanol–water partition coefficient (Wildman–Crippen LogP) is 3.35. The summed E-state index contributed by atoms with van der Waals surface area (Å²) in [5.41, 5.74) is 6.10. The second-order valence-electron chi connectivity index (χ2n) is 8.00. The Labute approximate surface area is 189 Å². The number of hydrogen-bond donors (Lipinski definition) is 3. The molecule has 0 atom stereocenters. The van der Waals surface area contributed by atoms with Crippen LogP contribution in [0.1, 0.15) is 5.69 Å². The van der Waals surface area contributed by atoms with Gasteiger partial charge in [-0.2, -0.15) is 5.10 Å². The molecule has 0 unspecified atom stereocenters. The van der Waals surface area contributed by atoms with E-state index in [4.69, 9.17) is 9.72 Å². The number of anilines is 3. The number of nitrogens with one attached hydrogen (secondary N) is 2. The van der Waals surface area contributed by atoms with Gasteiger partial charge in [-0.15, -0.1) is 0 Å². The zero-order valence-electron chi connectivity index (χ0n) is 17.9. The van der Waals surface area contributed by atoms with Crippen LogP contribution in [0.25, 0.3) is 27.8 Å². The number of aliphatic hydroxyl groups excluding tert-OH is 1. The Morgan fingerprint density at radius 3 is 2.76 bits per heavy atom. The number of nitrogens with zero attached hydrogens (tertiary/aromatic N) is 5. The van der Waals surface area contributed by atoms with Crippen molar-refractivity contribution in [1.82, 2.24) is 24.6 Å². The van der Waals surface area contributed by atoms with Gasteiger partial charge in [0.25, 0.3) is 0 Å². The van der Waals surface area contributed by atoms with E-state index in [1.165, 1.54) is 5.69 Å². The average Bonchev–Trinajstić information content (AvgIpc) is 3.51. The first-order valence-corrected chi connectivity index (χ1v) is 10.9.